The summed E-state index contributed by atoms with van der Waals surface area (Å²) < 4.78 is 0. The van der Waals surface area contributed by atoms with Crippen LogP contribution in [0.5, 0.6) is 0 Å². The van der Waals surface area contributed by atoms with E-state index in [4.69, 9.17) is 6.42 Å². The monoisotopic (exact) mass is 324 g/mol. The smallest absolute Gasteiger partial charge is 0.230 e. The van der Waals surface area contributed by atoms with E-state index in [1.54, 1.807) is 28.7 Å². The number of benzene rings is 1. The van der Waals surface area contributed by atoms with Crippen molar-refractivity contribution in [3.8, 4) is 22.9 Å². The molecule has 2 heterocycles. The molecule has 1 amide bonds. The van der Waals surface area contributed by atoms with Crippen molar-refractivity contribution in [2.75, 3.05) is 5.32 Å². The van der Waals surface area contributed by atoms with E-state index in [1.807, 2.05) is 40.4 Å². The predicted octanol–water partition coefficient (Wildman–Crippen LogP) is 4.03. The Morgan fingerprint density at radius 3 is 3.00 bits per heavy atom. The van der Waals surface area contributed by atoms with Crippen molar-refractivity contribution >= 4 is 34.3 Å². The molecule has 2 aromatic heterocycles. The highest BCUT2D eigenvalue weighted by molar-refractivity contribution is 7.14. The molecule has 3 aromatic rings. The van der Waals surface area contributed by atoms with Gasteiger partial charge in [-0.25, -0.2) is 4.98 Å². The van der Waals surface area contributed by atoms with Gasteiger partial charge in [0.2, 0.25) is 5.91 Å². The third-order valence-electron chi connectivity index (χ3n) is 2.97. The molecule has 3 nitrogen and oxygen atoms in total. The van der Waals surface area contributed by atoms with E-state index in [0.717, 1.165) is 21.8 Å². The Labute approximate surface area is 136 Å². The molecule has 0 aliphatic heterocycles. The van der Waals surface area contributed by atoms with Gasteiger partial charge >= 0.3 is 0 Å². The number of anilines is 1. The van der Waals surface area contributed by atoms with Crippen molar-refractivity contribution in [3.63, 3.8) is 0 Å². The first-order valence-electron chi connectivity index (χ1n) is 6.58. The Balaban J connectivity index is 1.66. The zero-order valence-corrected chi connectivity index (χ0v) is 13.2. The highest BCUT2D eigenvalue weighted by Crippen LogP contribution is 2.25. The zero-order chi connectivity index (χ0) is 15.4. The number of carbonyl (C=O) groups is 1. The van der Waals surface area contributed by atoms with Crippen LogP contribution in [0.1, 0.15) is 11.3 Å². The second-order valence-corrected chi connectivity index (χ2v) is 6.24. The third-order valence-corrected chi connectivity index (χ3v) is 4.60. The molecule has 0 saturated heterocycles. The van der Waals surface area contributed by atoms with Crippen LogP contribution in [0.4, 0.5) is 5.69 Å². The minimum atomic E-state index is -0.101. The molecule has 22 heavy (non-hydrogen) atoms. The van der Waals surface area contributed by atoms with Crippen molar-refractivity contribution in [3.05, 3.63) is 57.7 Å². The van der Waals surface area contributed by atoms with E-state index >= 15 is 0 Å². The molecule has 0 fully saturated rings. The van der Waals surface area contributed by atoms with Gasteiger partial charge in [0.05, 0.1) is 12.1 Å². The SMILES string of the molecule is C#Cc1cccc(NC(=O)Cc2csc(-c3ccsc3)n2)c1. The van der Waals surface area contributed by atoms with Crippen LogP contribution in [0, 0.1) is 12.3 Å². The minimum absolute atomic E-state index is 0.101. The van der Waals surface area contributed by atoms with Crippen LogP contribution in [-0.4, -0.2) is 10.9 Å². The molecule has 1 N–H and O–H groups in total. The summed E-state index contributed by atoms with van der Waals surface area (Å²) in [5, 5.41) is 9.77. The van der Waals surface area contributed by atoms with Crippen LogP contribution in [-0.2, 0) is 11.2 Å². The molecule has 0 aliphatic carbocycles. The van der Waals surface area contributed by atoms with E-state index in [2.05, 4.69) is 16.2 Å². The van der Waals surface area contributed by atoms with Gasteiger partial charge in [-0.3, -0.25) is 4.79 Å². The maximum Gasteiger partial charge on any atom is 0.230 e. The van der Waals surface area contributed by atoms with Gasteiger partial charge in [0.25, 0.3) is 0 Å². The number of nitrogens with one attached hydrogen (secondary N) is 1. The Morgan fingerprint density at radius 2 is 2.23 bits per heavy atom. The number of thiazole rings is 1. The second-order valence-electron chi connectivity index (χ2n) is 4.61. The van der Waals surface area contributed by atoms with E-state index < -0.39 is 0 Å². The number of terminal acetylenes is 1. The summed E-state index contributed by atoms with van der Waals surface area (Å²) in [6.45, 7) is 0. The average Bonchev–Trinajstić information content (AvgIpc) is 3.18. The van der Waals surface area contributed by atoms with E-state index in [0.29, 0.717) is 5.69 Å². The molecular formula is C17H12N2OS2. The summed E-state index contributed by atoms with van der Waals surface area (Å²) in [7, 11) is 0. The molecule has 1 aromatic carbocycles. The third kappa shape index (κ3) is 3.42. The first kappa shape index (κ1) is 14.5. The molecule has 108 valence electrons. The molecule has 0 bridgehead atoms. The van der Waals surface area contributed by atoms with Gasteiger partial charge in [0.1, 0.15) is 5.01 Å². The van der Waals surface area contributed by atoms with Gasteiger partial charge < -0.3 is 5.32 Å². The van der Waals surface area contributed by atoms with Gasteiger partial charge in [0, 0.05) is 27.6 Å². The number of hydrogen-bond acceptors (Lipinski definition) is 4. The van der Waals surface area contributed by atoms with Crippen LogP contribution < -0.4 is 5.32 Å². The Hall–Kier alpha value is -2.42. The van der Waals surface area contributed by atoms with Gasteiger partial charge in [-0.2, -0.15) is 11.3 Å². The number of nitrogens with zero attached hydrogens (tertiary/aromatic N) is 1. The highest BCUT2D eigenvalue weighted by Gasteiger charge is 2.09. The quantitative estimate of drug-likeness (QED) is 0.736. The number of aromatic nitrogens is 1. The van der Waals surface area contributed by atoms with Crippen molar-refractivity contribution in [2.24, 2.45) is 0 Å². The van der Waals surface area contributed by atoms with Gasteiger partial charge in [0.15, 0.2) is 0 Å². The highest BCUT2D eigenvalue weighted by atomic mass is 32.1. The largest absolute Gasteiger partial charge is 0.326 e. The molecule has 0 radical (unpaired) electrons. The van der Waals surface area contributed by atoms with Crippen molar-refractivity contribution in [1.29, 1.82) is 0 Å². The lowest BCUT2D eigenvalue weighted by Gasteiger charge is -2.04. The van der Waals surface area contributed by atoms with Gasteiger partial charge in [-0.1, -0.05) is 12.0 Å². The maximum atomic E-state index is 12.1. The van der Waals surface area contributed by atoms with Crippen LogP contribution in [0.15, 0.2) is 46.5 Å². The summed E-state index contributed by atoms with van der Waals surface area (Å²) in [5.41, 5.74) is 3.32. The molecule has 0 spiro atoms. The Morgan fingerprint density at radius 1 is 1.32 bits per heavy atom. The summed E-state index contributed by atoms with van der Waals surface area (Å²) in [6, 6.07) is 9.26. The average molecular weight is 324 g/mol. The number of hydrogen-bond donors (Lipinski definition) is 1. The number of rotatable bonds is 4. The number of thiophene rings is 1. The Bertz CT molecular complexity index is 828. The molecule has 0 atom stereocenters. The molecular weight excluding hydrogens is 312 g/mol. The van der Waals surface area contributed by atoms with E-state index in [-0.39, 0.29) is 12.3 Å². The number of amides is 1. The van der Waals surface area contributed by atoms with Crippen molar-refractivity contribution in [1.82, 2.24) is 4.98 Å². The van der Waals surface area contributed by atoms with Crippen LogP contribution in [0.2, 0.25) is 0 Å². The van der Waals surface area contributed by atoms with Gasteiger partial charge in [-0.15, -0.1) is 17.8 Å². The fourth-order valence-electron chi connectivity index (χ4n) is 1.96. The number of carbonyl (C=O) groups excluding carboxylic acids is 1. The minimum Gasteiger partial charge on any atom is -0.326 e. The summed E-state index contributed by atoms with van der Waals surface area (Å²) in [5.74, 6) is 2.45. The van der Waals surface area contributed by atoms with E-state index in [9.17, 15) is 4.79 Å². The van der Waals surface area contributed by atoms with E-state index in [1.165, 1.54) is 0 Å². The second kappa shape index (κ2) is 6.56. The normalized spacial score (nSPS) is 10.1. The van der Waals surface area contributed by atoms with Crippen molar-refractivity contribution in [2.45, 2.75) is 6.42 Å². The molecule has 0 saturated carbocycles. The Kier molecular flexibility index (Phi) is 4.33. The standard InChI is InChI=1S/C17H12N2OS2/c1-2-12-4-3-5-14(8-12)18-16(20)9-15-11-22-17(19-15)13-6-7-21-10-13/h1,3-8,10-11H,9H2,(H,18,20). The zero-order valence-electron chi connectivity index (χ0n) is 11.6. The summed E-state index contributed by atoms with van der Waals surface area (Å²) in [6.07, 6.45) is 5.60. The fourth-order valence-corrected chi connectivity index (χ4v) is 3.50. The predicted molar refractivity (Wildman–Crippen MR) is 92.1 cm³/mol. The van der Waals surface area contributed by atoms with Crippen molar-refractivity contribution < 1.29 is 4.79 Å². The lowest BCUT2D eigenvalue weighted by molar-refractivity contribution is -0.115. The molecule has 5 heteroatoms. The first-order valence-corrected chi connectivity index (χ1v) is 8.40. The lowest BCUT2D eigenvalue weighted by atomic mass is 10.2. The fraction of sp³-hybridized carbons (Fsp3) is 0.0588. The summed E-state index contributed by atoms with van der Waals surface area (Å²) in [4.78, 5) is 16.6. The lowest BCUT2D eigenvalue weighted by Crippen LogP contribution is -2.14. The van der Waals surface area contributed by atoms with Crippen LogP contribution in [0.25, 0.3) is 10.6 Å². The molecule has 3 rings (SSSR count). The summed E-state index contributed by atoms with van der Waals surface area (Å²) >= 11 is 3.18. The topological polar surface area (TPSA) is 42.0 Å². The molecule has 0 aliphatic rings. The van der Waals surface area contributed by atoms with Crippen LogP contribution in [0.3, 0.4) is 0 Å². The molecule has 0 unspecified atom stereocenters. The maximum absolute atomic E-state index is 12.1. The van der Waals surface area contributed by atoms with Crippen LogP contribution >= 0.6 is 22.7 Å². The first-order chi connectivity index (χ1) is 10.7. The van der Waals surface area contributed by atoms with Gasteiger partial charge in [-0.05, 0) is 29.6 Å².